The summed E-state index contributed by atoms with van der Waals surface area (Å²) in [4.78, 5) is 23.3. The summed E-state index contributed by atoms with van der Waals surface area (Å²) < 4.78 is 0. The quantitative estimate of drug-likeness (QED) is 0.653. The lowest BCUT2D eigenvalue weighted by Crippen LogP contribution is -1.99. The van der Waals surface area contributed by atoms with Gasteiger partial charge in [-0.2, -0.15) is 0 Å². The normalized spacial score (nSPS) is 9.75. The summed E-state index contributed by atoms with van der Waals surface area (Å²) in [7, 11) is 0. The summed E-state index contributed by atoms with van der Waals surface area (Å²) in [5.41, 5.74) is 1.45. The number of H-pyrrole nitrogens is 1. The number of aromatic amines is 1. The number of aromatic carboxylic acids is 1. The average Bonchev–Trinajstić information content (AvgIpc) is 2.32. The van der Waals surface area contributed by atoms with E-state index in [1.165, 1.54) is 0 Å². The number of hydrogen-bond donors (Lipinski definition) is 2. The number of carbonyl (C=O) groups excluding carboxylic acids is 1. The van der Waals surface area contributed by atoms with Gasteiger partial charge in [0.25, 0.3) is 0 Å². The van der Waals surface area contributed by atoms with Gasteiger partial charge in [0, 0.05) is 12.1 Å². The Kier molecular flexibility index (Phi) is 2.28. The van der Waals surface area contributed by atoms with Crippen molar-refractivity contribution < 1.29 is 14.7 Å². The number of carboxylic acids is 1. The second-order valence-electron chi connectivity index (χ2n) is 2.53. The van der Waals surface area contributed by atoms with Crippen molar-refractivity contribution in [1.29, 1.82) is 0 Å². The Labute approximate surface area is 69.2 Å². The highest BCUT2D eigenvalue weighted by molar-refractivity contribution is 5.87. The molecule has 0 aromatic carbocycles. The fraction of sp³-hybridized carbons (Fsp3) is 0.250. The highest BCUT2D eigenvalue weighted by Gasteiger charge is 2.09. The number of nitrogens with one attached hydrogen (secondary N) is 1. The molecule has 12 heavy (non-hydrogen) atoms. The summed E-state index contributed by atoms with van der Waals surface area (Å²) in [5.74, 6) is -0.996. The van der Waals surface area contributed by atoms with Crippen LogP contribution in [-0.4, -0.2) is 22.3 Å². The molecule has 1 aromatic heterocycles. The van der Waals surface area contributed by atoms with Gasteiger partial charge in [0.15, 0.2) is 0 Å². The van der Waals surface area contributed by atoms with Crippen LogP contribution in [0.25, 0.3) is 0 Å². The molecule has 0 amide bonds. The molecule has 0 aliphatic heterocycles. The van der Waals surface area contributed by atoms with Crippen LogP contribution < -0.4 is 0 Å². The van der Waals surface area contributed by atoms with Crippen LogP contribution in [0.5, 0.6) is 0 Å². The molecule has 0 atom stereocenters. The molecule has 0 fully saturated rings. The van der Waals surface area contributed by atoms with Crippen LogP contribution >= 0.6 is 0 Å². The molecule has 0 radical (unpaired) electrons. The topological polar surface area (TPSA) is 70.2 Å². The van der Waals surface area contributed by atoms with Gasteiger partial charge in [-0.3, -0.25) is 0 Å². The first kappa shape index (κ1) is 8.52. The predicted octanol–water partition coefficient (Wildman–Crippen LogP) is 0.763. The number of aryl methyl sites for hydroxylation is 1. The maximum absolute atomic E-state index is 10.5. The van der Waals surface area contributed by atoms with E-state index >= 15 is 0 Å². The van der Waals surface area contributed by atoms with Crippen LogP contribution in [0.2, 0.25) is 0 Å². The molecular weight excluding hydrogens is 158 g/mol. The Morgan fingerprint density at radius 3 is 2.83 bits per heavy atom. The summed E-state index contributed by atoms with van der Waals surface area (Å²) in [5, 5.41) is 8.63. The smallest absolute Gasteiger partial charge is 0.352 e. The molecule has 0 aliphatic carbocycles. The lowest BCUT2D eigenvalue weighted by atomic mass is 10.2. The van der Waals surface area contributed by atoms with Gasteiger partial charge < -0.3 is 14.9 Å². The second kappa shape index (κ2) is 3.21. The maximum atomic E-state index is 10.5. The van der Waals surface area contributed by atoms with Gasteiger partial charge in [-0.05, 0) is 18.6 Å². The van der Waals surface area contributed by atoms with E-state index in [2.05, 4.69) is 4.98 Å². The summed E-state index contributed by atoms with van der Waals surface area (Å²) in [6, 6.07) is 1.66. The van der Waals surface area contributed by atoms with Crippen molar-refractivity contribution in [1.82, 2.24) is 4.98 Å². The van der Waals surface area contributed by atoms with Crippen LogP contribution in [0.3, 0.4) is 0 Å². The van der Waals surface area contributed by atoms with E-state index in [1.54, 1.807) is 13.0 Å². The monoisotopic (exact) mass is 167 g/mol. The lowest BCUT2D eigenvalue weighted by molar-refractivity contribution is -0.107. The Morgan fingerprint density at radius 1 is 1.75 bits per heavy atom. The van der Waals surface area contributed by atoms with E-state index < -0.39 is 5.97 Å². The minimum Gasteiger partial charge on any atom is -0.477 e. The fourth-order valence-electron chi connectivity index (χ4n) is 1.05. The molecule has 1 rings (SSSR count). The zero-order valence-corrected chi connectivity index (χ0v) is 6.63. The Bertz CT molecular complexity index is 314. The molecule has 0 unspecified atom stereocenters. The van der Waals surface area contributed by atoms with E-state index in [1.807, 2.05) is 0 Å². The van der Waals surface area contributed by atoms with Crippen LogP contribution in [0, 0.1) is 6.92 Å². The molecule has 0 saturated heterocycles. The maximum Gasteiger partial charge on any atom is 0.352 e. The second-order valence-corrected chi connectivity index (χ2v) is 2.53. The van der Waals surface area contributed by atoms with Gasteiger partial charge in [-0.15, -0.1) is 0 Å². The lowest BCUT2D eigenvalue weighted by Gasteiger charge is -1.89. The molecule has 1 heterocycles. The standard InChI is InChI=1S/C8H9NO3/c1-5-4-6(2-3-10)9-7(5)8(11)12/h3-4,9H,2H2,1H3,(H,11,12). The molecule has 4 heteroatoms. The van der Waals surface area contributed by atoms with Crippen molar-refractivity contribution in [2.45, 2.75) is 13.3 Å². The number of carboxylic acid groups (broad SMARTS) is 1. The third-order valence-electron chi connectivity index (χ3n) is 1.59. The van der Waals surface area contributed by atoms with Crippen molar-refractivity contribution >= 4 is 12.3 Å². The summed E-state index contributed by atoms with van der Waals surface area (Å²) in [6.45, 7) is 1.69. The van der Waals surface area contributed by atoms with Crippen molar-refractivity contribution in [3.63, 3.8) is 0 Å². The minimum atomic E-state index is -0.996. The largest absolute Gasteiger partial charge is 0.477 e. The highest BCUT2D eigenvalue weighted by Crippen LogP contribution is 2.09. The Hall–Kier alpha value is -1.58. The zero-order valence-electron chi connectivity index (χ0n) is 6.63. The molecule has 1 aromatic rings. The van der Waals surface area contributed by atoms with E-state index in [9.17, 15) is 9.59 Å². The fourth-order valence-corrected chi connectivity index (χ4v) is 1.05. The summed E-state index contributed by atoms with van der Waals surface area (Å²) >= 11 is 0. The SMILES string of the molecule is Cc1cc(CC=O)[nH]c1C(=O)O. The van der Waals surface area contributed by atoms with Gasteiger partial charge in [-0.1, -0.05) is 0 Å². The Balaban J connectivity index is 2.99. The van der Waals surface area contributed by atoms with Gasteiger partial charge in [0.2, 0.25) is 0 Å². The molecule has 0 spiro atoms. The molecule has 0 bridgehead atoms. The first-order valence-corrected chi connectivity index (χ1v) is 3.50. The van der Waals surface area contributed by atoms with Crippen molar-refractivity contribution in [3.05, 3.63) is 23.0 Å². The van der Waals surface area contributed by atoms with Crippen LogP contribution in [0.4, 0.5) is 0 Å². The van der Waals surface area contributed by atoms with Gasteiger partial charge >= 0.3 is 5.97 Å². The third kappa shape index (κ3) is 1.53. The molecule has 4 nitrogen and oxygen atoms in total. The van der Waals surface area contributed by atoms with Crippen molar-refractivity contribution in [2.75, 3.05) is 0 Å². The third-order valence-corrected chi connectivity index (χ3v) is 1.59. The summed E-state index contributed by atoms with van der Waals surface area (Å²) in [6.07, 6.45) is 0.963. The predicted molar refractivity (Wildman–Crippen MR) is 42.3 cm³/mol. The molecule has 64 valence electrons. The number of rotatable bonds is 3. The van der Waals surface area contributed by atoms with Crippen LogP contribution in [-0.2, 0) is 11.2 Å². The average molecular weight is 167 g/mol. The van der Waals surface area contributed by atoms with E-state index in [0.717, 1.165) is 6.29 Å². The number of aldehydes is 1. The van der Waals surface area contributed by atoms with E-state index in [4.69, 9.17) is 5.11 Å². The van der Waals surface area contributed by atoms with Gasteiger partial charge in [0.05, 0.1) is 0 Å². The van der Waals surface area contributed by atoms with E-state index in [0.29, 0.717) is 11.3 Å². The minimum absolute atomic E-state index is 0.159. The molecule has 0 aliphatic rings. The number of aromatic nitrogens is 1. The van der Waals surface area contributed by atoms with Crippen molar-refractivity contribution in [2.24, 2.45) is 0 Å². The van der Waals surface area contributed by atoms with Crippen LogP contribution in [0.1, 0.15) is 21.7 Å². The Morgan fingerprint density at radius 2 is 2.42 bits per heavy atom. The highest BCUT2D eigenvalue weighted by atomic mass is 16.4. The van der Waals surface area contributed by atoms with Gasteiger partial charge in [-0.25, -0.2) is 4.79 Å². The molecule has 0 saturated carbocycles. The first-order valence-electron chi connectivity index (χ1n) is 3.50. The van der Waals surface area contributed by atoms with E-state index in [-0.39, 0.29) is 12.1 Å². The zero-order chi connectivity index (χ0) is 9.14. The molecular formula is C8H9NO3. The van der Waals surface area contributed by atoms with Gasteiger partial charge in [0.1, 0.15) is 12.0 Å². The van der Waals surface area contributed by atoms with Crippen molar-refractivity contribution in [3.8, 4) is 0 Å². The van der Waals surface area contributed by atoms with Crippen LogP contribution in [0.15, 0.2) is 6.07 Å². The molecule has 2 N–H and O–H groups in total. The number of carbonyl (C=O) groups is 2. The number of hydrogen-bond acceptors (Lipinski definition) is 2. The first-order chi connectivity index (χ1) is 5.65.